The van der Waals surface area contributed by atoms with E-state index in [2.05, 4.69) is 22.8 Å². The van der Waals surface area contributed by atoms with Crippen LogP contribution >= 0.6 is 0 Å². The molecule has 28 heavy (non-hydrogen) atoms. The van der Waals surface area contributed by atoms with Crippen molar-refractivity contribution in [3.63, 3.8) is 0 Å². The monoisotopic (exact) mass is 376 g/mol. The molecule has 0 aliphatic rings. The second kappa shape index (κ2) is 9.04. The van der Waals surface area contributed by atoms with Crippen LogP contribution in [-0.4, -0.2) is 24.9 Å². The third kappa shape index (κ3) is 4.88. The quantitative estimate of drug-likeness (QED) is 0.613. The fourth-order valence-electron chi connectivity index (χ4n) is 2.96. The first kappa shape index (κ1) is 19.4. The predicted octanol–water partition coefficient (Wildman–Crippen LogP) is 3.99. The van der Waals surface area contributed by atoms with Gasteiger partial charge in [-0.25, -0.2) is 0 Å². The molecule has 5 nitrogen and oxygen atoms in total. The topological polar surface area (TPSA) is 67.4 Å². The molecule has 3 rings (SSSR count). The van der Waals surface area contributed by atoms with E-state index in [0.29, 0.717) is 13.1 Å². The summed E-state index contributed by atoms with van der Waals surface area (Å²) in [5.74, 6) is 1.05. The van der Waals surface area contributed by atoms with Gasteiger partial charge in [-0.1, -0.05) is 48.5 Å². The second-order valence-electron chi connectivity index (χ2n) is 6.64. The zero-order chi connectivity index (χ0) is 19.9. The largest absolute Gasteiger partial charge is 0.457 e. The molecule has 0 saturated carbocycles. The molecule has 3 aromatic rings. The molecule has 0 saturated heterocycles. The lowest BCUT2D eigenvalue weighted by atomic mass is 10.0. The lowest BCUT2D eigenvalue weighted by Crippen LogP contribution is -2.35. The van der Waals surface area contributed by atoms with Crippen molar-refractivity contribution in [2.45, 2.75) is 19.8 Å². The van der Waals surface area contributed by atoms with Crippen LogP contribution in [0.4, 0.5) is 0 Å². The van der Waals surface area contributed by atoms with Crippen LogP contribution < -0.4 is 15.4 Å². The van der Waals surface area contributed by atoms with Gasteiger partial charge in [0.25, 0.3) is 0 Å². The summed E-state index contributed by atoms with van der Waals surface area (Å²) in [6.07, 6.45) is 0. The Balaban J connectivity index is 1.63. The van der Waals surface area contributed by atoms with E-state index in [1.54, 1.807) is 0 Å². The molecular weight excluding hydrogens is 352 g/mol. The zero-order valence-electron chi connectivity index (χ0n) is 16.1. The molecular formula is C23H24N2O3. The van der Waals surface area contributed by atoms with Gasteiger partial charge in [0.2, 0.25) is 11.8 Å². The lowest BCUT2D eigenvalue weighted by Gasteiger charge is -2.14. The molecule has 1 unspecified atom stereocenters. The third-order valence-corrected chi connectivity index (χ3v) is 4.55. The van der Waals surface area contributed by atoms with Gasteiger partial charge >= 0.3 is 0 Å². The van der Waals surface area contributed by atoms with Gasteiger partial charge in [-0.2, -0.15) is 0 Å². The average Bonchev–Trinajstić information content (AvgIpc) is 2.71. The maximum absolute atomic E-state index is 12.3. The molecule has 0 aliphatic heterocycles. The van der Waals surface area contributed by atoms with Gasteiger partial charge < -0.3 is 15.4 Å². The van der Waals surface area contributed by atoms with Crippen molar-refractivity contribution in [3.05, 3.63) is 72.3 Å². The van der Waals surface area contributed by atoms with E-state index in [9.17, 15) is 9.59 Å². The summed E-state index contributed by atoms with van der Waals surface area (Å²) in [6.45, 7) is 4.14. The van der Waals surface area contributed by atoms with Gasteiger partial charge in [-0.15, -0.1) is 0 Å². The number of amides is 2. The number of nitrogens with one attached hydrogen (secondary N) is 2. The Bertz CT molecular complexity index is 962. The third-order valence-electron chi connectivity index (χ3n) is 4.55. The minimum atomic E-state index is -0.288. The summed E-state index contributed by atoms with van der Waals surface area (Å²) in [6, 6.07) is 21.6. The van der Waals surface area contributed by atoms with Crippen molar-refractivity contribution in [2.24, 2.45) is 0 Å². The lowest BCUT2D eigenvalue weighted by molar-refractivity contribution is -0.123. The number of ether oxygens (including phenoxy) is 1. The second-order valence-corrected chi connectivity index (χ2v) is 6.64. The van der Waals surface area contributed by atoms with E-state index in [1.165, 1.54) is 6.92 Å². The molecule has 0 bridgehead atoms. The van der Waals surface area contributed by atoms with Gasteiger partial charge in [0.1, 0.15) is 11.5 Å². The predicted molar refractivity (Wildman–Crippen MR) is 111 cm³/mol. The van der Waals surface area contributed by atoms with Crippen LogP contribution in [0, 0.1) is 0 Å². The van der Waals surface area contributed by atoms with Crippen molar-refractivity contribution in [3.8, 4) is 11.5 Å². The molecule has 0 aromatic heterocycles. The van der Waals surface area contributed by atoms with Crippen LogP contribution in [0.1, 0.15) is 25.3 Å². The van der Waals surface area contributed by atoms with Gasteiger partial charge in [-0.3, -0.25) is 9.59 Å². The fourth-order valence-corrected chi connectivity index (χ4v) is 2.96. The van der Waals surface area contributed by atoms with Crippen LogP contribution in [-0.2, 0) is 9.59 Å². The molecule has 1 atom stereocenters. The normalized spacial score (nSPS) is 11.6. The van der Waals surface area contributed by atoms with Crippen LogP contribution in [0.25, 0.3) is 10.8 Å². The van der Waals surface area contributed by atoms with E-state index < -0.39 is 0 Å². The molecule has 0 aliphatic carbocycles. The summed E-state index contributed by atoms with van der Waals surface area (Å²) in [7, 11) is 0. The summed E-state index contributed by atoms with van der Waals surface area (Å²) in [4.78, 5) is 23.1. The Morgan fingerprint density at radius 1 is 0.893 bits per heavy atom. The van der Waals surface area contributed by atoms with Crippen LogP contribution in [0.5, 0.6) is 11.5 Å². The van der Waals surface area contributed by atoms with Gasteiger partial charge in [0, 0.05) is 25.4 Å². The number of rotatable bonds is 7. The maximum Gasteiger partial charge on any atom is 0.227 e. The van der Waals surface area contributed by atoms with Gasteiger partial charge in [0.05, 0.1) is 5.92 Å². The van der Waals surface area contributed by atoms with E-state index >= 15 is 0 Å². The molecule has 2 N–H and O–H groups in total. The van der Waals surface area contributed by atoms with Crippen molar-refractivity contribution in [1.82, 2.24) is 10.6 Å². The number of benzene rings is 3. The Morgan fingerprint density at radius 3 is 2.32 bits per heavy atom. The van der Waals surface area contributed by atoms with Crippen molar-refractivity contribution < 1.29 is 14.3 Å². The molecule has 5 heteroatoms. The van der Waals surface area contributed by atoms with E-state index in [1.807, 2.05) is 61.5 Å². The standard InChI is InChI=1S/C23H24N2O3/c1-16(23(27)25-15-14-24-17(2)26)18-10-12-20(13-11-18)28-22-9-5-7-19-6-3-4-8-21(19)22/h3-13,16H,14-15H2,1-2H3,(H,24,26)(H,25,27). The maximum atomic E-state index is 12.3. The SMILES string of the molecule is CC(=O)NCCNC(=O)C(C)c1ccc(Oc2cccc3ccccc23)cc1. The van der Waals surface area contributed by atoms with Crippen LogP contribution in [0.3, 0.4) is 0 Å². The first-order valence-corrected chi connectivity index (χ1v) is 9.32. The Morgan fingerprint density at radius 2 is 1.57 bits per heavy atom. The smallest absolute Gasteiger partial charge is 0.227 e. The number of carbonyl (C=O) groups excluding carboxylic acids is 2. The minimum Gasteiger partial charge on any atom is -0.457 e. The molecule has 0 heterocycles. The molecule has 0 spiro atoms. The van der Waals surface area contributed by atoms with E-state index in [4.69, 9.17) is 4.74 Å². The van der Waals surface area contributed by atoms with E-state index in [0.717, 1.165) is 27.8 Å². The number of hydrogen-bond donors (Lipinski definition) is 2. The highest BCUT2D eigenvalue weighted by atomic mass is 16.5. The minimum absolute atomic E-state index is 0.0759. The summed E-state index contributed by atoms with van der Waals surface area (Å²) in [5.41, 5.74) is 0.905. The Labute approximate surface area is 164 Å². The highest BCUT2D eigenvalue weighted by Gasteiger charge is 2.15. The highest BCUT2D eigenvalue weighted by Crippen LogP contribution is 2.30. The van der Waals surface area contributed by atoms with Crippen LogP contribution in [0.15, 0.2) is 66.7 Å². The number of hydrogen-bond acceptors (Lipinski definition) is 3. The molecule has 2 amide bonds. The fraction of sp³-hybridized carbons (Fsp3) is 0.217. The summed E-state index contributed by atoms with van der Waals surface area (Å²) >= 11 is 0. The van der Waals surface area contributed by atoms with Gasteiger partial charge in [-0.05, 0) is 36.1 Å². The van der Waals surface area contributed by atoms with Crippen LogP contribution in [0.2, 0.25) is 0 Å². The molecule has 3 aromatic carbocycles. The molecule has 0 fully saturated rings. The summed E-state index contributed by atoms with van der Waals surface area (Å²) < 4.78 is 6.05. The number of carbonyl (C=O) groups is 2. The highest BCUT2D eigenvalue weighted by molar-refractivity contribution is 5.88. The van der Waals surface area contributed by atoms with Crippen molar-refractivity contribution in [2.75, 3.05) is 13.1 Å². The molecule has 0 radical (unpaired) electrons. The molecule has 144 valence electrons. The Kier molecular flexibility index (Phi) is 6.27. The van der Waals surface area contributed by atoms with Crippen molar-refractivity contribution in [1.29, 1.82) is 0 Å². The summed E-state index contributed by atoms with van der Waals surface area (Å²) in [5, 5.41) is 7.66. The first-order chi connectivity index (χ1) is 13.5. The number of fused-ring (bicyclic) bond motifs is 1. The zero-order valence-corrected chi connectivity index (χ0v) is 16.1. The first-order valence-electron chi connectivity index (χ1n) is 9.32. The van der Waals surface area contributed by atoms with E-state index in [-0.39, 0.29) is 17.7 Å². The Hall–Kier alpha value is -3.34. The van der Waals surface area contributed by atoms with Gasteiger partial charge in [0.15, 0.2) is 0 Å². The van der Waals surface area contributed by atoms with Crippen molar-refractivity contribution >= 4 is 22.6 Å². The average molecular weight is 376 g/mol.